The van der Waals surface area contributed by atoms with Crippen LogP contribution in [0.1, 0.15) is 30.3 Å². The Morgan fingerprint density at radius 2 is 2.11 bits per heavy atom. The SMILES string of the molecule is Cc1ccc(N2CC[C@@H](NC(=O)[C@H]3C[C@@H]3c3nc4ccccc4[nH]3)C2)nn1. The molecule has 0 spiro atoms. The number of nitrogens with one attached hydrogen (secondary N) is 2. The zero-order valence-electron chi connectivity index (χ0n) is 15.2. The van der Waals surface area contributed by atoms with Crippen LogP contribution in [-0.4, -0.2) is 45.2 Å². The molecule has 27 heavy (non-hydrogen) atoms. The lowest BCUT2D eigenvalue weighted by atomic mass is 10.2. The van der Waals surface area contributed by atoms with Gasteiger partial charge >= 0.3 is 0 Å². The Balaban J connectivity index is 1.19. The summed E-state index contributed by atoms with van der Waals surface area (Å²) in [6.45, 7) is 3.60. The second-order valence-electron chi connectivity index (χ2n) is 7.56. The van der Waals surface area contributed by atoms with Crippen LogP contribution in [0.25, 0.3) is 11.0 Å². The summed E-state index contributed by atoms with van der Waals surface area (Å²) in [6.07, 6.45) is 1.80. The number of H-pyrrole nitrogens is 1. The monoisotopic (exact) mass is 362 g/mol. The minimum atomic E-state index is 0.0266. The first kappa shape index (κ1) is 16.2. The van der Waals surface area contributed by atoms with Gasteiger partial charge < -0.3 is 15.2 Å². The predicted octanol–water partition coefficient (Wildman–Crippen LogP) is 2.16. The van der Waals surface area contributed by atoms with Crippen LogP contribution in [0.2, 0.25) is 0 Å². The number of hydrogen-bond acceptors (Lipinski definition) is 5. The molecule has 2 N–H and O–H groups in total. The number of amides is 1. The van der Waals surface area contributed by atoms with E-state index in [-0.39, 0.29) is 23.8 Å². The highest BCUT2D eigenvalue weighted by atomic mass is 16.2. The maximum absolute atomic E-state index is 12.6. The third kappa shape index (κ3) is 3.13. The molecule has 0 radical (unpaired) electrons. The van der Waals surface area contributed by atoms with E-state index in [4.69, 9.17) is 0 Å². The molecule has 138 valence electrons. The zero-order chi connectivity index (χ0) is 18.4. The molecule has 1 saturated carbocycles. The molecular weight excluding hydrogens is 340 g/mol. The molecule has 3 aromatic rings. The van der Waals surface area contributed by atoms with Gasteiger partial charge in [-0.1, -0.05) is 12.1 Å². The van der Waals surface area contributed by atoms with Crippen molar-refractivity contribution in [1.82, 2.24) is 25.5 Å². The lowest BCUT2D eigenvalue weighted by Gasteiger charge is -2.17. The number of anilines is 1. The minimum absolute atomic E-state index is 0.0266. The average molecular weight is 362 g/mol. The van der Waals surface area contributed by atoms with Gasteiger partial charge in [0.25, 0.3) is 0 Å². The van der Waals surface area contributed by atoms with Gasteiger partial charge in [0.2, 0.25) is 5.91 Å². The van der Waals surface area contributed by atoms with Crippen molar-refractivity contribution in [2.24, 2.45) is 5.92 Å². The number of aryl methyl sites for hydroxylation is 1. The fourth-order valence-electron chi connectivity index (χ4n) is 3.89. The number of nitrogens with zero attached hydrogens (tertiary/aromatic N) is 4. The largest absolute Gasteiger partial charge is 0.353 e. The third-order valence-electron chi connectivity index (χ3n) is 5.53. The van der Waals surface area contributed by atoms with Crippen molar-refractivity contribution < 1.29 is 4.79 Å². The topological polar surface area (TPSA) is 86.8 Å². The molecule has 1 amide bonds. The zero-order valence-corrected chi connectivity index (χ0v) is 15.2. The Morgan fingerprint density at radius 3 is 2.93 bits per heavy atom. The van der Waals surface area contributed by atoms with Crippen LogP contribution in [0.5, 0.6) is 0 Å². The van der Waals surface area contributed by atoms with Crippen LogP contribution < -0.4 is 10.2 Å². The molecule has 7 nitrogen and oxygen atoms in total. The van der Waals surface area contributed by atoms with E-state index in [1.165, 1.54) is 0 Å². The van der Waals surface area contributed by atoms with E-state index in [9.17, 15) is 4.79 Å². The van der Waals surface area contributed by atoms with E-state index in [1.807, 2.05) is 43.3 Å². The summed E-state index contributed by atoms with van der Waals surface area (Å²) in [5.41, 5.74) is 2.90. The molecule has 1 aliphatic carbocycles. The van der Waals surface area contributed by atoms with Crippen molar-refractivity contribution in [1.29, 1.82) is 0 Å². The van der Waals surface area contributed by atoms with Crippen molar-refractivity contribution in [3.63, 3.8) is 0 Å². The van der Waals surface area contributed by atoms with Gasteiger partial charge in [-0.15, -0.1) is 5.10 Å². The Bertz CT molecular complexity index is 949. The van der Waals surface area contributed by atoms with Crippen molar-refractivity contribution in [3.05, 3.63) is 47.9 Å². The number of hydrogen-bond donors (Lipinski definition) is 2. The Kier molecular flexibility index (Phi) is 3.81. The predicted molar refractivity (Wildman–Crippen MR) is 102 cm³/mol. The van der Waals surface area contributed by atoms with Gasteiger partial charge in [0, 0.05) is 31.0 Å². The molecule has 1 aromatic carbocycles. The van der Waals surface area contributed by atoms with Crippen molar-refractivity contribution in [2.45, 2.75) is 31.7 Å². The maximum Gasteiger partial charge on any atom is 0.224 e. The molecule has 3 atom stereocenters. The highest BCUT2D eigenvalue weighted by molar-refractivity contribution is 5.83. The number of fused-ring (bicyclic) bond motifs is 1. The molecule has 1 aliphatic heterocycles. The molecule has 7 heteroatoms. The molecule has 2 fully saturated rings. The lowest BCUT2D eigenvalue weighted by molar-refractivity contribution is -0.123. The number of para-hydroxylation sites is 2. The number of imidazole rings is 1. The van der Waals surface area contributed by atoms with E-state index in [1.54, 1.807) is 0 Å². The summed E-state index contributed by atoms with van der Waals surface area (Å²) in [6, 6.07) is 12.1. The third-order valence-corrected chi connectivity index (χ3v) is 5.53. The first-order valence-electron chi connectivity index (χ1n) is 9.47. The summed E-state index contributed by atoms with van der Waals surface area (Å²) >= 11 is 0. The van der Waals surface area contributed by atoms with E-state index < -0.39 is 0 Å². The molecule has 0 unspecified atom stereocenters. The molecule has 2 aliphatic rings. The first-order chi connectivity index (χ1) is 13.2. The quantitative estimate of drug-likeness (QED) is 0.743. The first-order valence-corrected chi connectivity index (χ1v) is 9.47. The second-order valence-corrected chi connectivity index (χ2v) is 7.56. The van der Waals surface area contributed by atoms with Crippen LogP contribution in [-0.2, 0) is 4.79 Å². The van der Waals surface area contributed by atoms with E-state index in [2.05, 4.69) is 30.4 Å². The number of benzene rings is 1. The van der Waals surface area contributed by atoms with Crippen LogP contribution in [0.4, 0.5) is 5.82 Å². The summed E-state index contributed by atoms with van der Waals surface area (Å²) < 4.78 is 0. The van der Waals surface area contributed by atoms with E-state index in [0.717, 1.165) is 54.3 Å². The van der Waals surface area contributed by atoms with Gasteiger partial charge in [-0.05, 0) is 44.0 Å². The maximum atomic E-state index is 12.6. The summed E-state index contributed by atoms with van der Waals surface area (Å²) in [5, 5.41) is 11.6. The van der Waals surface area contributed by atoms with Gasteiger partial charge in [0.05, 0.1) is 16.7 Å². The fourth-order valence-corrected chi connectivity index (χ4v) is 3.89. The Morgan fingerprint density at radius 1 is 1.22 bits per heavy atom. The van der Waals surface area contributed by atoms with Crippen LogP contribution in [0, 0.1) is 12.8 Å². The number of carbonyl (C=O) groups excluding carboxylic acids is 1. The van der Waals surface area contributed by atoms with E-state index in [0.29, 0.717) is 0 Å². The molecule has 1 saturated heterocycles. The standard InChI is InChI=1S/C20H22N6O/c1-12-6-7-18(25-24-12)26-9-8-13(11-26)21-20(27)15-10-14(15)19-22-16-4-2-3-5-17(16)23-19/h2-7,13-15H,8-11H2,1H3,(H,21,27)(H,22,23)/t13-,14+,15+/m1/s1. The van der Waals surface area contributed by atoms with Crippen molar-refractivity contribution in [2.75, 3.05) is 18.0 Å². The second kappa shape index (κ2) is 6.33. The molecular formula is C20H22N6O. The Hall–Kier alpha value is -2.96. The lowest BCUT2D eigenvalue weighted by Crippen LogP contribution is -2.38. The normalized spacial score (nSPS) is 24.3. The number of rotatable bonds is 4. The van der Waals surface area contributed by atoms with Gasteiger partial charge in [0.1, 0.15) is 5.82 Å². The number of aromatic amines is 1. The smallest absolute Gasteiger partial charge is 0.224 e. The average Bonchev–Trinajstić information content (AvgIpc) is 3.15. The molecule has 0 bridgehead atoms. The van der Waals surface area contributed by atoms with Gasteiger partial charge in [0.15, 0.2) is 5.82 Å². The van der Waals surface area contributed by atoms with Crippen LogP contribution >= 0.6 is 0 Å². The number of aromatic nitrogens is 4. The van der Waals surface area contributed by atoms with Crippen LogP contribution in [0.3, 0.4) is 0 Å². The molecule has 5 rings (SSSR count). The Labute approximate surface area is 157 Å². The van der Waals surface area contributed by atoms with Gasteiger partial charge in [-0.2, -0.15) is 5.10 Å². The highest BCUT2D eigenvalue weighted by Crippen LogP contribution is 2.46. The molecule has 2 aromatic heterocycles. The minimum Gasteiger partial charge on any atom is -0.353 e. The van der Waals surface area contributed by atoms with Gasteiger partial charge in [-0.3, -0.25) is 4.79 Å². The molecule has 3 heterocycles. The van der Waals surface area contributed by atoms with Gasteiger partial charge in [-0.25, -0.2) is 4.98 Å². The highest BCUT2D eigenvalue weighted by Gasteiger charge is 2.46. The van der Waals surface area contributed by atoms with Crippen molar-refractivity contribution >= 4 is 22.8 Å². The van der Waals surface area contributed by atoms with E-state index >= 15 is 0 Å². The fraction of sp³-hybridized carbons (Fsp3) is 0.400. The summed E-state index contributed by atoms with van der Waals surface area (Å²) in [4.78, 5) is 22.8. The number of carbonyl (C=O) groups is 1. The summed E-state index contributed by atoms with van der Waals surface area (Å²) in [5.74, 6) is 2.18. The van der Waals surface area contributed by atoms with Crippen molar-refractivity contribution in [3.8, 4) is 0 Å². The van der Waals surface area contributed by atoms with Crippen LogP contribution in [0.15, 0.2) is 36.4 Å². The summed E-state index contributed by atoms with van der Waals surface area (Å²) in [7, 11) is 0.